The maximum Gasteiger partial charge on any atom is 0.0720 e. The average molecular weight is 264 g/mol. The summed E-state index contributed by atoms with van der Waals surface area (Å²) < 4.78 is 5.87. The molecule has 0 unspecified atom stereocenters. The zero-order chi connectivity index (χ0) is 13.9. The van der Waals surface area contributed by atoms with Crippen LogP contribution < -0.4 is 11.1 Å². The number of benzene rings is 1. The van der Waals surface area contributed by atoms with Crippen molar-refractivity contribution in [3.63, 3.8) is 0 Å². The molecule has 0 saturated carbocycles. The van der Waals surface area contributed by atoms with Crippen molar-refractivity contribution in [2.45, 2.75) is 52.4 Å². The number of ether oxygens (including phenoxy) is 1. The highest BCUT2D eigenvalue weighted by Gasteiger charge is 2.12. The van der Waals surface area contributed by atoms with Crippen LogP contribution in [0.4, 0.5) is 0 Å². The first kappa shape index (κ1) is 16.2. The van der Waals surface area contributed by atoms with Crippen molar-refractivity contribution in [3.8, 4) is 0 Å². The Kier molecular flexibility index (Phi) is 8.47. The Morgan fingerprint density at radius 2 is 1.63 bits per heavy atom. The molecule has 1 fully saturated rings. The van der Waals surface area contributed by atoms with E-state index in [0.717, 1.165) is 32.5 Å². The van der Waals surface area contributed by atoms with E-state index in [9.17, 15) is 0 Å². The van der Waals surface area contributed by atoms with Crippen LogP contribution >= 0.6 is 0 Å². The van der Waals surface area contributed by atoms with E-state index in [2.05, 4.69) is 43.4 Å². The minimum absolute atomic E-state index is 0.426. The van der Waals surface area contributed by atoms with Gasteiger partial charge in [0, 0.05) is 6.54 Å². The van der Waals surface area contributed by atoms with Crippen LogP contribution in [0.1, 0.15) is 44.2 Å². The fourth-order valence-electron chi connectivity index (χ4n) is 1.95. The number of piperidine rings is 1. The van der Waals surface area contributed by atoms with Gasteiger partial charge in [0.05, 0.1) is 12.7 Å². The molecule has 3 nitrogen and oxygen atoms in total. The fraction of sp³-hybridized carbons (Fsp3) is 0.625. The van der Waals surface area contributed by atoms with Gasteiger partial charge in [0.15, 0.2) is 0 Å². The smallest absolute Gasteiger partial charge is 0.0720 e. The molecule has 0 amide bonds. The maximum absolute atomic E-state index is 5.87. The van der Waals surface area contributed by atoms with Crippen molar-refractivity contribution >= 4 is 0 Å². The molecule has 0 bridgehead atoms. The fourth-order valence-corrected chi connectivity index (χ4v) is 1.95. The van der Waals surface area contributed by atoms with E-state index < -0.39 is 0 Å². The molecule has 0 spiro atoms. The topological polar surface area (TPSA) is 47.3 Å². The standard InChI is InChI=1S/C13H20N2O.C3H8/c14-9-11-1-3-12(4-2-11)10-16-13-5-7-15-8-6-13;1-3-2/h1-4,13,15H,5-10,14H2;3H2,1-2H3. The molecule has 19 heavy (non-hydrogen) atoms. The lowest BCUT2D eigenvalue weighted by Crippen LogP contribution is -2.32. The molecule has 3 heteroatoms. The maximum atomic E-state index is 5.87. The van der Waals surface area contributed by atoms with E-state index in [-0.39, 0.29) is 0 Å². The molecule has 1 aromatic carbocycles. The Hall–Kier alpha value is -0.900. The Balaban J connectivity index is 0.000000550. The van der Waals surface area contributed by atoms with E-state index in [1.807, 2.05) is 0 Å². The molecule has 0 radical (unpaired) electrons. The highest BCUT2D eigenvalue weighted by atomic mass is 16.5. The summed E-state index contributed by atoms with van der Waals surface area (Å²) in [6, 6.07) is 8.34. The third-order valence-corrected chi connectivity index (χ3v) is 3.03. The van der Waals surface area contributed by atoms with Crippen LogP contribution in [0.2, 0.25) is 0 Å². The van der Waals surface area contributed by atoms with Gasteiger partial charge in [0.2, 0.25) is 0 Å². The van der Waals surface area contributed by atoms with Crippen LogP contribution in [-0.4, -0.2) is 19.2 Å². The number of nitrogens with one attached hydrogen (secondary N) is 1. The molecule has 1 saturated heterocycles. The summed E-state index contributed by atoms with van der Waals surface area (Å²) in [5.74, 6) is 0. The quantitative estimate of drug-likeness (QED) is 0.879. The lowest BCUT2D eigenvalue weighted by molar-refractivity contribution is 0.0212. The molecule has 0 aliphatic carbocycles. The van der Waals surface area contributed by atoms with Gasteiger partial charge in [0.25, 0.3) is 0 Å². The summed E-state index contributed by atoms with van der Waals surface area (Å²) >= 11 is 0. The van der Waals surface area contributed by atoms with Gasteiger partial charge in [0.1, 0.15) is 0 Å². The first-order valence-electron chi connectivity index (χ1n) is 7.40. The molecule has 1 heterocycles. The first-order chi connectivity index (χ1) is 9.30. The molecule has 0 aromatic heterocycles. The number of hydrogen-bond acceptors (Lipinski definition) is 3. The second-order valence-electron chi connectivity index (χ2n) is 4.99. The molecular weight excluding hydrogens is 236 g/mol. The predicted octanol–water partition coefficient (Wildman–Crippen LogP) is 2.83. The zero-order valence-corrected chi connectivity index (χ0v) is 12.3. The van der Waals surface area contributed by atoms with Gasteiger partial charge >= 0.3 is 0 Å². The minimum atomic E-state index is 0.426. The molecule has 3 N–H and O–H groups in total. The number of hydrogen-bond donors (Lipinski definition) is 2. The summed E-state index contributed by atoms with van der Waals surface area (Å²) in [5, 5.41) is 3.33. The van der Waals surface area contributed by atoms with Crippen molar-refractivity contribution < 1.29 is 4.74 Å². The zero-order valence-electron chi connectivity index (χ0n) is 12.3. The third kappa shape index (κ3) is 6.71. The molecule has 1 aliphatic rings. The van der Waals surface area contributed by atoms with Crippen LogP contribution in [0.3, 0.4) is 0 Å². The van der Waals surface area contributed by atoms with Crippen LogP contribution in [0.25, 0.3) is 0 Å². The highest BCUT2D eigenvalue weighted by molar-refractivity contribution is 5.21. The van der Waals surface area contributed by atoms with Crippen molar-refractivity contribution in [2.75, 3.05) is 13.1 Å². The Bertz CT molecular complexity index is 318. The van der Waals surface area contributed by atoms with Crippen LogP contribution in [-0.2, 0) is 17.9 Å². The monoisotopic (exact) mass is 264 g/mol. The van der Waals surface area contributed by atoms with Crippen LogP contribution in [0, 0.1) is 0 Å². The Morgan fingerprint density at radius 1 is 1.11 bits per heavy atom. The third-order valence-electron chi connectivity index (χ3n) is 3.03. The molecular formula is C16H28N2O. The van der Waals surface area contributed by atoms with Gasteiger partial charge < -0.3 is 15.8 Å². The molecule has 1 aliphatic heterocycles. The van der Waals surface area contributed by atoms with E-state index >= 15 is 0 Å². The van der Waals surface area contributed by atoms with Crippen molar-refractivity contribution in [1.29, 1.82) is 0 Å². The molecule has 0 atom stereocenters. The van der Waals surface area contributed by atoms with E-state index in [4.69, 9.17) is 10.5 Å². The lowest BCUT2D eigenvalue weighted by atomic mass is 10.1. The van der Waals surface area contributed by atoms with E-state index in [0.29, 0.717) is 12.6 Å². The SMILES string of the molecule is CCC.NCc1ccc(COC2CCNCC2)cc1. The second-order valence-corrected chi connectivity index (χ2v) is 4.99. The van der Waals surface area contributed by atoms with Crippen LogP contribution in [0.5, 0.6) is 0 Å². The van der Waals surface area contributed by atoms with Gasteiger partial charge in [-0.3, -0.25) is 0 Å². The normalized spacial score (nSPS) is 15.7. The van der Waals surface area contributed by atoms with Gasteiger partial charge in [-0.15, -0.1) is 0 Å². The van der Waals surface area contributed by atoms with E-state index in [1.54, 1.807) is 0 Å². The van der Waals surface area contributed by atoms with Gasteiger partial charge in [-0.25, -0.2) is 0 Å². The average Bonchev–Trinajstić information content (AvgIpc) is 2.47. The van der Waals surface area contributed by atoms with E-state index in [1.165, 1.54) is 17.5 Å². The summed E-state index contributed by atoms with van der Waals surface area (Å²) in [6.45, 7) is 7.73. The molecule has 2 rings (SSSR count). The number of nitrogens with two attached hydrogens (primary N) is 1. The highest BCUT2D eigenvalue weighted by Crippen LogP contribution is 2.11. The predicted molar refractivity (Wildman–Crippen MR) is 81.0 cm³/mol. The Labute approximate surface area is 117 Å². The minimum Gasteiger partial charge on any atom is -0.373 e. The second kappa shape index (κ2) is 9.96. The number of rotatable bonds is 4. The molecule has 108 valence electrons. The Morgan fingerprint density at radius 3 is 2.16 bits per heavy atom. The van der Waals surface area contributed by atoms with Crippen molar-refractivity contribution in [1.82, 2.24) is 5.32 Å². The first-order valence-corrected chi connectivity index (χ1v) is 7.40. The molecule has 1 aromatic rings. The summed E-state index contributed by atoms with van der Waals surface area (Å²) in [5.41, 5.74) is 7.96. The van der Waals surface area contributed by atoms with Gasteiger partial charge in [-0.05, 0) is 37.1 Å². The van der Waals surface area contributed by atoms with Crippen molar-refractivity contribution in [3.05, 3.63) is 35.4 Å². The van der Waals surface area contributed by atoms with Gasteiger partial charge in [-0.2, -0.15) is 0 Å². The summed E-state index contributed by atoms with van der Waals surface area (Å²) in [4.78, 5) is 0. The van der Waals surface area contributed by atoms with Crippen molar-refractivity contribution in [2.24, 2.45) is 5.73 Å². The lowest BCUT2D eigenvalue weighted by Gasteiger charge is -2.22. The van der Waals surface area contributed by atoms with Crippen LogP contribution in [0.15, 0.2) is 24.3 Å². The summed E-state index contributed by atoms with van der Waals surface area (Å²) in [6.07, 6.45) is 3.93. The largest absolute Gasteiger partial charge is 0.373 e. The van der Waals surface area contributed by atoms with Gasteiger partial charge in [-0.1, -0.05) is 44.5 Å². The summed E-state index contributed by atoms with van der Waals surface area (Å²) in [7, 11) is 0.